The minimum Gasteiger partial charge on any atom is -0.480 e. The molecule has 6 heteroatoms. The van der Waals surface area contributed by atoms with Crippen LogP contribution in [0, 0.1) is 5.92 Å². The second-order valence-corrected chi connectivity index (χ2v) is 6.60. The van der Waals surface area contributed by atoms with Crippen LogP contribution in [-0.4, -0.2) is 57.2 Å². The van der Waals surface area contributed by atoms with E-state index in [1.54, 1.807) is 28.6 Å². The maximum Gasteiger partial charge on any atom is 0.327 e. The highest BCUT2D eigenvalue weighted by atomic mass is 32.2. The zero-order valence-corrected chi connectivity index (χ0v) is 11.2. The highest BCUT2D eigenvalue weighted by molar-refractivity contribution is 8.00. The van der Waals surface area contributed by atoms with Crippen molar-refractivity contribution < 1.29 is 14.7 Å². The van der Waals surface area contributed by atoms with Gasteiger partial charge in [0.15, 0.2) is 0 Å². The van der Waals surface area contributed by atoms with E-state index in [1.807, 2.05) is 0 Å². The van der Waals surface area contributed by atoms with E-state index in [2.05, 4.69) is 0 Å². The SMILES string of the molecule is CN(C(=O)N1C(C(=O)O)CSC1C1CC1)C1CC1. The molecule has 0 radical (unpaired) electrons. The Morgan fingerprint density at radius 1 is 1.28 bits per heavy atom. The van der Waals surface area contributed by atoms with Gasteiger partial charge in [0.2, 0.25) is 0 Å². The molecule has 3 rings (SSSR count). The van der Waals surface area contributed by atoms with E-state index < -0.39 is 12.0 Å². The van der Waals surface area contributed by atoms with Crippen LogP contribution in [0.25, 0.3) is 0 Å². The van der Waals surface area contributed by atoms with Gasteiger partial charge < -0.3 is 10.0 Å². The van der Waals surface area contributed by atoms with Crippen molar-refractivity contribution in [2.75, 3.05) is 12.8 Å². The molecule has 3 fully saturated rings. The number of thioether (sulfide) groups is 1. The van der Waals surface area contributed by atoms with Crippen LogP contribution >= 0.6 is 11.8 Å². The molecule has 0 aromatic carbocycles. The topological polar surface area (TPSA) is 60.9 Å². The Balaban J connectivity index is 1.78. The van der Waals surface area contributed by atoms with Crippen molar-refractivity contribution >= 4 is 23.8 Å². The van der Waals surface area contributed by atoms with Gasteiger partial charge in [-0.05, 0) is 31.6 Å². The van der Waals surface area contributed by atoms with E-state index in [-0.39, 0.29) is 11.4 Å². The van der Waals surface area contributed by atoms with Crippen LogP contribution in [-0.2, 0) is 4.79 Å². The minimum absolute atomic E-state index is 0.0831. The zero-order chi connectivity index (χ0) is 12.9. The van der Waals surface area contributed by atoms with E-state index >= 15 is 0 Å². The third-order valence-electron chi connectivity index (χ3n) is 3.96. The number of urea groups is 1. The van der Waals surface area contributed by atoms with Gasteiger partial charge >= 0.3 is 12.0 Å². The number of carbonyl (C=O) groups excluding carboxylic acids is 1. The molecular formula is C12H18N2O3S. The molecule has 1 N–H and O–H groups in total. The Morgan fingerprint density at radius 2 is 1.94 bits per heavy atom. The summed E-state index contributed by atoms with van der Waals surface area (Å²) >= 11 is 1.63. The summed E-state index contributed by atoms with van der Waals surface area (Å²) in [6, 6.07) is -0.404. The normalized spacial score (nSPS) is 31.5. The zero-order valence-electron chi connectivity index (χ0n) is 10.4. The molecule has 2 saturated carbocycles. The van der Waals surface area contributed by atoms with E-state index in [9.17, 15) is 14.7 Å². The van der Waals surface area contributed by atoms with Gasteiger partial charge in [-0.2, -0.15) is 0 Å². The number of carboxylic acid groups (broad SMARTS) is 1. The number of nitrogens with zero attached hydrogens (tertiary/aromatic N) is 2. The lowest BCUT2D eigenvalue weighted by Crippen LogP contribution is -2.51. The highest BCUT2D eigenvalue weighted by Gasteiger charge is 2.49. The molecule has 5 nitrogen and oxygen atoms in total. The van der Waals surface area contributed by atoms with Crippen molar-refractivity contribution in [3.05, 3.63) is 0 Å². The molecule has 3 aliphatic rings. The lowest BCUT2D eigenvalue weighted by atomic mass is 10.2. The van der Waals surface area contributed by atoms with Gasteiger partial charge in [-0.15, -0.1) is 11.8 Å². The van der Waals surface area contributed by atoms with E-state index in [4.69, 9.17) is 0 Å². The van der Waals surface area contributed by atoms with Gasteiger partial charge in [0.05, 0.1) is 5.37 Å². The van der Waals surface area contributed by atoms with E-state index in [0.29, 0.717) is 17.7 Å². The number of aliphatic carboxylic acids is 1. The van der Waals surface area contributed by atoms with Gasteiger partial charge in [0.25, 0.3) is 0 Å². The number of hydrogen-bond donors (Lipinski definition) is 1. The fourth-order valence-electron chi connectivity index (χ4n) is 2.50. The van der Waals surface area contributed by atoms with E-state index in [0.717, 1.165) is 25.7 Å². The monoisotopic (exact) mass is 270 g/mol. The first-order valence-electron chi connectivity index (χ1n) is 6.49. The molecule has 0 aromatic rings. The summed E-state index contributed by atoms with van der Waals surface area (Å²) in [4.78, 5) is 27.1. The Labute approximate surface area is 110 Å². The van der Waals surface area contributed by atoms with Crippen LogP contribution in [0.3, 0.4) is 0 Å². The molecule has 1 heterocycles. The number of carboxylic acids is 1. The van der Waals surface area contributed by atoms with Crippen LogP contribution in [0.15, 0.2) is 0 Å². The van der Waals surface area contributed by atoms with Gasteiger partial charge in [0.1, 0.15) is 6.04 Å². The predicted octanol–water partition coefficient (Wildman–Crippen LogP) is 1.44. The molecule has 100 valence electrons. The summed E-state index contributed by atoms with van der Waals surface area (Å²) in [6.45, 7) is 0. The average molecular weight is 270 g/mol. The summed E-state index contributed by atoms with van der Waals surface area (Å²) in [5.41, 5.74) is 0. The second-order valence-electron chi connectivity index (χ2n) is 5.45. The van der Waals surface area contributed by atoms with Crippen molar-refractivity contribution in [1.29, 1.82) is 0 Å². The van der Waals surface area contributed by atoms with Crippen LogP contribution in [0.5, 0.6) is 0 Å². The second kappa shape index (κ2) is 4.33. The molecule has 2 aliphatic carbocycles. The molecule has 1 saturated heterocycles. The summed E-state index contributed by atoms with van der Waals surface area (Å²) in [7, 11) is 1.80. The Kier molecular flexibility index (Phi) is 2.92. The third kappa shape index (κ3) is 2.06. The summed E-state index contributed by atoms with van der Waals surface area (Å²) in [5, 5.41) is 9.35. The van der Waals surface area contributed by atoms with E-state index in [1.165, 1.54) is 0 Å². The largest absolute Gasteiger partial charge is 0.480 e. The highest BCUT2D eigenvalue weighted by Crippen LogP contribution is 2.46. The Bertz CT molecular complexity index is 382. The van der Waals surface area contributed by atoms with Crippen molar-refractivity contribution in [3.63, 3.8) is 0 Å². The fourth-order valence-corrected chi connectivity index (χ4v) is 4.13. The van der Waals surface area contributed by atoms with Crippen molar-refractivity contribution in [3.8, 4) is 0 Å². The molecule has 0 bridgehead atoms. The standard InChI is InChI=1S/C12H18N2O3S/c1-13(8-4-5-8)12(17)14-9(11(15)16)6-18-10(14)7-2-3-7/h7-10H,2-6H2,1H3,(H,15,16). The van der Waals surface area contributed by atoms with Crippen molar-refractivity contribution in [2.24, 2.45) is 5.92 Å². The molecule has 2 unspecified atom stereocenters. The first-order valence-corrected chi connectivity index (χ1v) is 7.54. The summed E-state index contributed by atoms with van der Waals surface area (Å²) in [5.74, 6) is 0.167. The van der Waals surface area contributed by atoms with Gasteiger partial charge in [0, 0.05) is 18.8 Å². The first-order chi connectivity index (χ1) is 8.59. The maximum atomic E-state index is 12.5. The van der Waals surface area contributed by atoms with Crippen LogP contribution in [0.1, 0.15) is 25.7 Å². The summed E-state index contributed by atoms with van der Waals surface area (Å²) in [6.07, 6.45) is 4.35. The number of amides is 2. The Hall–Kier alpha value is -0.910. The number of carbonyl (C=O) groups is 2. The van der Waals surface area contributed by atoms with Gasteiger partial charge in [-0.3, -0.25) is 4.90 Å². The smallest absolute Gasteiger partial charge is 0.327 e. The lowest BCUT2D eigenvalue weighted by Gasteiger charge is -2.31. The third-order valence-corrected chi connectivity index (χ3v) is 5.42. The number of hydrogen-bond acceptors (Lipinski definition) is 3. The minimum atomic E-state index is -0.872. The number of rotatable bonds is 3. The summed E-state index contributed by atoms with van der Waals surface area (Å²) < 4.78 is 0. The quantitative estimate of drug-likeness (QED) is 0.843. The van der Waals surface area contributed by atoms with Gasteiger partial charge in [-0.25, -0.2) is 9.59 Å². The first kappa shape index (κ1) is 12.1. The molecule has 1 aliphatic heterocycles. The van der Waals surface area contributed by atoms with Crippen molar-refractivity contribution in [1.82, 2.24) is 9.80 Å². The molecule has 0 spiro atoms. The molecule has 2 amide bonds. The average Bonchev–Trinajstić information content (AvgIpc) is 3.23. The molecule has 0 aromatic heterocycles. The lowest BCUT2D eigenvalue weighted by molar-refractivity contribution is -0.141. The van der Waals surface area contributed by atoms with Gasteiger partial charge in [-0.1, -0.05) is 0 Å². The fraction of sp³-hybridized carbons (Fsp3) is 0.833. The molecular weight excluding hydrogens is 252 g/mol. The molecule has 18 heavy (non-hydrogen) atoms. The molecule has 2 atom stereocenters. The predicted molar refractivity (Wildman–Crippen MR) is 68.4 cm³/mol. The van der Waals surface area contributed by atoms with Crippen molar-refractivity contribution in [2.45, 2.75) is 43.1 Å². The van der Waals surface area contributed by atoms with Crippen LogP contribution < -0.4 is 0 Å². The Morgan fingerprint density at radius 3 is 2.44 bits per heavy atom. The van der Waals surface area contributed by atoms with Crippen LogP contribution in [0.4, 0.5) is 4.79 Å². The van der Waals surface area contributed by atoms with Crippen LogP contribution in [0.2, 0.25) is 0 Å². The maximum absolute atomic E-state index is 12.5.